The molecule has 0 radical (unpaired) electrons. The molecule has 116 valence electrons. The first-order valence-electron chi connectivity index (χ1n) is 6.91. The zero-order chi connectivity index (χ0) is 16.4. The fourth-order valence-corrected chi connectivity index (χ4v) is 2.25. The van der Waals surface area contributed by atoms with Gasteiger partial charge in [0.25, 0.3) is 0 Å². The lowest BCUT2D eigenvalue weighted by atomic mass is 10.1. The van der Waals surface area contributed by atoms with Crippen LogP contribution in [-0.2, 0) is 4.79 Å². The Morgan fingerprint density at radius 2 is 1.96 bits per heavy atom. The summed E-state index contributed by atoms with van der Waals surface area (Å²) in [6, 6.07) is 10.5. The normalized spacial score (nSPS) is 10.6. The molecule has 0 aliphatic heterocycles. The number of benzene rings is 2. The second-order valence-corrected chi connectivity index (χ2v) is 5.03. The van der Waals surface area contributed by atoms with Crippen LogP contribution in [0.15, 0.2) is 54.9 Å². The Bertz CT molecular complexity index is 874. The quantitative estimate of drug-likeness (QED) is 0.800. The number of rotatable bonds is 3. The minimum atomic E-state index is -0.688. The maximum atomic E-state index is 13.8. The van der Waals surface area contributed by atoms with Gasteiger partial charge in [0, 0.05) is 30.4 Å². The Hall–Kier alpha value is -3.02. The SMILES string of the molecule is CC(=O)Nc1cccc(-c2cnn(-c3ccc(F)cc3F)c2)c1. The first kappa shape index (κ1) is 14.9. The molecule has 6 heteroatoms. The van der Waals surface area contributed by atoms with Crippen molar-refractivity contribution in [3.8, 4) is 16.8 Å². The molecule has 0 unspecified atom stereocenters. The number of carbonyl (C=O) groups is 1. The summed E-state index contributed by atoms with van der Waals surface area (Å²) in [5.41, 5.74) is 2.40. The maximum absolute atomic E-state index is 13.8. The predicted molar refractivity (Wildman–Crippen MR) is 83.2 cm³/mol. The standard InChI is InChI=1S/C17H13F2N3O/c1-11(23)21-15-4-2-3-12(7-15)13-9-20-22(10-13)17-6-5-14(18)8-16(17)19/h2-10H,1H3,(H,21,23). The summed E-state index contributed by atoms with van der Waals surface area (Å²) in [4.78, 5) is 11.1. The molecule has 2 aromatic carbocycles. The number of nitrogens with zero attached hydrogens (tertiary/aromatic N) is 2. The van der Waals surface area contributed by atoms with Crippen molar-refractivity contribution in [1.29, 1.82) is 0 Å². The molecule has 1 N–H and O–H groups in total. The van der Waals surface area contributed by atoms with Crippen LogP contribution in [0, 0.1) is 11.6 Å². The molecular weight excluding hydrogens is 300 g/mol. The molecule has 23 heavy (non-hydrogen) atoms. The Morgan fingerprint density at radius 3 is 2.70 bits per heavy atom. The highest BCUT2D eigenvalue weighted by molar-refractivity contribution is 5.89. The topological polar surface area (TPSA) is 46.9 Å². The summed E-state index contributed by atoms with van der Waals surface area (Å²) in [5, 5.41) is 6.81. The van der Waals surface area contributed by atoms with Gasteiger partial charge >= 0.3 is 0 Å². The van der Waals surface area contributed by atoms with E-state index in [-0.39, 0.29) is 11.6 Å². The molecule has 0 atom stereocenters. The zero-order valence-corrected chi connectivity index (χ0v) is 12.3. The maximum Gasteiger partial charge on any atom is 0.221 e. The van der Waals surface area contributed by atoms with Crippen LogP contribution in [0.2, 0.25) is 0 Å². The van der Waals surface area contributed by atoms with Crippen LogP contribution in [0.1, 0.15) is 6.92 Å². The summed E-state index contributed by atoms with van der Waals surface area (Å²) in [6.07, 6.45) is 3.22. The summed E-state index contributed by atoms with van der Waals surface area (Å²) in [7, 11) is 0. The third kappa shape index (κ3) is 3.26. The average molecular weight is 313 g/mol. The van der Waals surface area contributed by atoms with Crippen LogP contribution in [0.25, 0.3) is 16.8 Å². The summed E-state index contributed by atoms with van der Waals surface area (Å²) in [5.74, 6) is -1.49. The van der Waals surface area contributed by atoms with Crippen molar-refractivity contribution in [2.45, 2.75) is 6.92 Å². The number of aromatic nitrogens is 2. The van der Waals surface area contributed by atoms with Crippen LogP contribution in [0.4, 0.5) is 14.5 Å². The lowest BCUT2D eigenvalue weighted by molar-refractivity contribution is -0.114. The molecule has 3 rings (SSSR count). The first-order chi connectivity index (χ1) is 11.0. The van der Waals surface area contributed by atoms with Gasteiger partial charge in [-0.25, -0.2) is 13.5 Å². The second-order valence-electron chi connectivity index (χ2n) is 5.03. The van der Waals surface area contributed by atoms with Crippen molar-refractivity contribution in [2.24, 2.45) is 0 Å². The molecule has 3 aromatic rings. The number of amides is 1. The molecule has 1 aromatic heterocycles. The largest absolute Gasteiger partial charge is 0.326 e. The van der Waals surface area contributed by atoms with Crippen LogP contribution in [-0.4, -0.2) is 15.7 Å². The molecule has 0 spiro atoms. The van der Waals surface area contributed by atoms with Crippen molar-refractivity contribution in [2.75, 3.05) is 5.32 Å². The van der Waals surface area contributed by atoms with E-state index in [1.165, 1.54) is 23.7 Å². The van der Waals surface area contributed by atoms with Gasteiger partial charge in [-0.15, -0.1) is 0 Å². The van der Waals surface area contributed by atoms with Gasteiger partial charge in [0.2, 0.25) is 5.91 Å². The fraction of sp³-hybridized carbons (Fsp3) is 0.0588. The third-order valence-electron chi connectivity index (χ3n) is 3.26. The summed E-state index contributed by atoms with van der Waals surface area (Å²) < 4.78 is 28.1. The van der Waals surface area contributed by atoms with E-state index in [1.54, 1.807) is 30.6 Å². The molecule has 0 bridgehead atoms. The van der Waals surface area contributed by atoms with Gasteiger partial charge in [-0.2, -0.15) is 5.10 Å². The highest BCUT2D eigenvalue weighted by Crippen LogP contribution is 2.24. The highest BCUT2D eigenvalue weighted by Gasteiger charge is 2.09. The fourth-order valence-electron chi connectivity index (χ4n) is 2.25. The van der Waals surface area contributed by atoms with E-state index < -0.39 is 11.6 Å². The second kappa shape index (κ2) is 6.00. The number of hydrogen-bond acceptors (Lipinski definition) is 2. The number of hydrogen-bond donors (Lipinski definition) is 1. The van der Waals surface area contributed by atoms with Gasteiger partial charge in [-0.05, 0) is 29.8 Å². The van der Waals surface area contributed by atoms with Gasteiger partial charge < -0.3 is 5.32 Å². The highest BCUT2D eigenvalue weighted by atomic mass is 19.1. The smallest absolute Gasteiger partial charge is 0.221 e. The lowest BCUT2D eigenvalue weighted by Crippen LogP contribution is -2.05. The summed E-state index contributed by atoms with van der Waals surface area (Å²) >= 11 is 0. The van der Waals surface area contributed by atoms with Gasteiger partial charge in [0.15, 0.2) is 5.82 Å². The van der Waals surface area contributed by atoms with E-state index in [9.17, 15) is 13.6 Å². The molecule has 1 amide bonds. The summed E-state index contributed by atoms with van der Waals surface area (Å²) in [6.45, 7) is 1.43. The van der Waals surface area contributed by atoms with E-state index in [1.807, 2.05) is 6.07 Å². The first-order valence-corrected chi connectivity index (χ1v) is 6.91. The van der Waals surface area contributed by atoms with Crippen molar-refractivity contribution in [1.82, 2.24) is 9.78 Å². The monoisotopic (exact) mass is 313 g/mol. The van der Waals surface area contributed by atoms with E-state index in [4.69, 9.17) is 0 Å². The number of nitrogens with one attached hydrogen (secondary N) is 1. The molecule has 4 nitrogen and oxygen atoms in total. The van der Waals surface area contributed by atoms with Crippen molar-refractivity contribution in [3.05, 3.63) is 66.5 Å². The van der Waals surface area contributed by atoms with Crippen LogP contribution in [0.5, 0.6) is 0 Å². The van der Waals surface area contributed by atoms with Gasteiger partial charge in [-0.3, -0.25) is 4.79 Å². The van der Waals surface area contributed by atoms with Crippen LogP contribution >= 0.6 is 0 Å². The van der Waals surface area contributed by atoms with E-state index in [0.29, 0.717) is 5.69 Å². The van der Waals surface area contributed by atoms with Gasteiger partial charge in [0.1, 0.15) is 11.5 Å². The predicted octanol–water partition coefficient (Wildman–Crippen LogP) is 3.78. The average Bonchev–Trinajstić information content (AvgIpc) is 2.96. The zero-order valence-electron chi connectivity index (χ0n) is 12.3. The van der Waals surface area contributed by atoms with E-state index >= 15 is 0 Å². The molecule has 0 fully saturated rings. The molecule has 0 saturated heterocycles. The molecular formula is C17H13F2N3O. The minimum Gasteiger partial charge on any atom is -0.326 e. The van der Waals surface area contributed by atoms with Crippen molar-refractivity contribution < 1.29 is 13.6 Å². The Kier molecular flexibility index (Phi) is 3.89. The molecule has 1 heterocycles. The molecule has 0 aliphatic carbocycles. The van der Waals surface area contributed by atoms with Crippen LogP contribution in [0.3, 0.4) is 0 Å². The van der Waals surface area contributed by atoms with Crippen molar-refractivity contribution >= 4 is 11.6 Å². The Labute approximate surface area is 131 Å². The van der Waals surface area contributed by atoms with E-state index in [0.717, 1.165) is 17.2 Å². The number of anilines is 1. The minimum absolute atomic E-state index is 0.161. The Balaban J connectivity index is 1.94. The van der Waals surface area contributed by atoms with Crippen LogP contribution < -0.4 is 5.32 Å². The van der Waals surface area contributed by atoms with Gasteiger partial charge in [0.05, 0.1) is 6.20 Å². The van der Waals surface area contributed by atoms with Gasteiger partial charge in [-0.1, -0.05) is 12.1 Å². The Morgan fingerprint density at radius 1 is 1.13 bits per heavy atom. The molecule has 0 aliphatic rings. The lowest BCUT2D eigenvalue weighted by Gasteiger charge is -2.04. The number of halogens is 2. The molecule has 0 saturated carbocycles. The number of carbonyl (C=O) groups excluding carboxylic acids is 1. The van der Waals surface area contributed by atoms with E-state index in [2.05, 4.69) is 10.4 Å². The third-order valence-corrected chi connectivity index (χ3v) is 3.26. The van der Waals surface area contributed by atoms with Crippen molar-refractivity contribution in [3.63, 3.8) is 0 Å².